The number of amides is 1. The summed E-state index contributed by atoms with van der Waals surface area (Å²) in [6.45, 7) is 5.56. The Morgan fingerprint density at radius 1 is 1.13 bits per heavy atom. The maximum Gasteiger partial charge on any atom is 0.253 e. The Kier molecular flexibility index (Phi) is 6.15. The molecule has 7 heteroatoms. The molecule has 128 valence electrons. The second-order valence-electron chi connectivity index (χ2n) is 5.87. The Morgan fingerprint density at radius 3 is 2.30 bits per heavy atom. The summed E-state index contributed by atoms with van der Waals surface area (Å²) in [5.74, 6) is -0.0407. The first-order valence-corrected chi connectivity index (χ1v) is 9.50. The molecule has 1 N–H and O–H groups in total. The van der Waals surface area contributed by atoms with Gasteiger partial charge in [0.25, 0.3) is 5.91 Å². The van der Waals surface area contributed by atoms with Crippen molar-refractivity contribution in [3.05, 3.63) is 29.8 Å². The third-order valence-corrected chi connectivity index (χ3v) is 5.50. The van der Waals surface area contributed by atoms with Crippen molar-refractivity contribution < 1.29 is 13.2 Å². The molecule has 0 spiro atoms. The molecule has 0 atom stereocenters. The Morgan fingerprint density at radius 2 is 1.74 bits per heavy atom. The molecule has 0 radical (unpaired) electrons. The highest BCUT2D eigenvalue weighted by Gasteiger charge is 2.21. The fraction of sp³-hybridized carbons (Fsp3) is 0.562. The Balaban J connectivity index is 2.02. The van der Waals surface area contributed by atoms with Crippen molar-refractivity contribution in [2.75, 3.05) is 39.8 Å². The lowest BCUT2D eigenvalue weighted by Gasteiger charge is -2.32. The number of carbonyl (C=O) groups is 1. The van der Waals surface area contributed by atoms with E-state index in [1.165, 1.54) is 12.1 Å². The minimum absolute atomic E-state index is 0.0407. The van der Waals surface area contributed by atoms with Gasteiger partial charge >= 0.3 is 0 Å². The summed E-state index contributed by atoms with van der Waals surface area (Å²) < 4.78 is 26.8. The first-order valence-electron chi connectivity index (χ1n) is 8.01. The van der Waals surface area contributed by atoms with Crippen LogP contribution in [0.4, 0.5) is 0 Å². The SMILES string of the molecule is CCCCNS(=O)(=O)c1ccc(C(=O)N2CCN(C)CC2)cc1. The third kappa shape index (κ3) is 4.76. The van der Waals surface area contributed by atoms with E-state index < -0.39 is 10.0 Å². The molecule has 6 nitrogen and oxygen atoms in total. The number of hydrogen-bond acceptors (Lipinski definition) is 4. The average molecular weight is 339 g/mol. The summed E-state index contributed by atoms with van der Waals surface area (Å²) in [7, 11) is -1.45. The third-order valence-electron chi connectivity index (χ3n) is 4.02. The molecular weight excluding hydrogens is 314 g/mol. The minimum Gasteiger partial charge on any atom is -0.336 e. The smallest absolute Gasteiger partial charge is 0.253 e. The number of hydrogen-bond donors (Lipinski definition) is 1. The molecule has 0 saturated carbocycles. The van der Waals surface area contributed by atoms with Gasteiger partial charge in [0.05, 0.1) is 4.90 Å². The molecule has 1 saturated heterocycles. The molecule has 0 aromatic heterocycles. The van der Waals surface area contributed by atoms with Gasteiger partial charge in [0.2, 0.25) is 10.0 Å². The van der Waals surface area contributed by atoms with Gasteiger partial charge in [-0.3, -0.25) is 4.79 Å². The van der Waals surface area contributed by atoms with Crippen LogP contribution >= 0.6 is 0 Å². The lowest BCUT2D eigenvalue weighted by Crippen LogP contribution is -2.47. The van der Waals surface area contributed by atoms with Crippen molar-refractivity contribution in [3.8, 4) is 0 Å². The maximum atomic E-state index is 12.4. The summed E-state index contributed by atoms with van der Waals surface area (Å²) in [6.07, 6.45) is 1.74. The predicted octanol–water partition coefficient (Wildman–Crippen LogP) is 1.15. The summed E-state index contributed by atoms with van der Waals surface area (Å²) in [5, 5.41) is 0. The van der Waals surface area contributed by atoms with E-state index >= 15 is 0 Å². The van der Waals surface area contributed by atoms with Crippen molar-refractivity contribution in [2.45, 2.75) is 24.7 Å². The maximum absolute atomic E-state index is 12.4. The number of sulfonamides is 1. The minimum atomic E-state index is -3.49. The second-order valence-corrected chi connectivity index (χ2v) is 7.64. The number of piperazine rings is 1. The van der Waals surface area contributed by atoms with E-state index in [4.69, 9.17) is 0 Å². The molecule has 23 heavy (non-hydrogen) atoms. The number of nitrogens with zero attached hydrogens (tertiary/aromatic N) is 2. The van der Waals surface area contributed by atoms with Gasteiger partial charge in [-0.25, -0.2) is 13.1 Å². The van der Waals surface area contributed by atoms with E-state index in [-0.39, 0.29) is 10.8 Å². The van der Waals surface area contributed by atoms with Gasteiger partial charge < -0.3 is 9.80 Å². The molecule has 1 aliphatic heterocycles. The standard InChI is InChI=1S/C16H25N3O3S/c1-3-4-9-17-23(21,22)15-7-5-14(6-8-15)16(20)19-12-10-18(2)11-13-19/h5-8,17H,3-4,9-13H2,1-2H3. The van der Waals surface area contributed by atoms with Crippen LogP contribution in [0.3, 0.4) is 0 Å². The first kappa shape index (κ1) is 17.9. The van der Waals surface area contributed by atoms with Crippen LogP contribution < -0.4 is 4.72 Å². The van der Waals surface area contributed by atoms with E-state index in [1.54, 1.807) is 12.1 Å². The molecular formula is C16H25N3O3S. The molecule has 0 unspecified atom stereocenters. The zero-order valence-electron chi connectivity index (χ0n) is 13.8. The average Bonchev–Trinajstić information content (AvgIpc) is 2.55. The Hall–Kier alpha value is -1.44. The van der Waals surface area contributed by atoms with Gasteiger partial charge in [0, 0.05) is 38.3 Å². The first-order chi connectivity index (χ1) is 10.9. The lowest BCUT2D eigenvalue weighted by molar-refractivity contribution is 0.0664. The topological polar surface area (TPSA) is 69.7 Å². The van der Waals surface area contributed by atoms with Crippen molar-refractivity contribution in [1.82, 2.24) is 14.5 Å². The lowest BCUT2D eigenvalue weighted by atomic mass is 10.2. The van der Waals surface area contributed by atoms with Crippen LogP contribution in [0.2, 0.25) is 0 Å². The molecule has 2 rings (SSSR count). The molecule has 0 bridgehead atoms. The molecule has 1 amide bonds. The normalized spacial score (nSPS) is 16.5. The van der Waals surface area contributed by atoms with Crippen molar-refractivity contribution >= 4 is 15.9 Å². The van der Waals surface area contributed by atoms with Gasteiger partial charge in [0.15, 0.2) is 0 Å². The number of unbranched alkanes of at least 4 members (excludes halogenated alkanes) is 1. The monoisotopic (exact) mass is 339 g/mol. The van der Waals surface area contributed by atoms with E-state index in [0.717, 1.165) is 25.9 Å². The van der Waals surface area contributed by atoms with Gasteiger partial charge in [-0.15, -0.1) is 0 Å². The largest absolute Gasteiger partial charge is 0.336 e. The summed E-state index contributed by atoms with van der Waals surface area (Å²) >= 11 is 0. The van der Waals surface area contributed by atoms with Crippen LogP contribution in [0, 0.1) is 0 Å². The highest BCUT2D eigenvalue weighted by molar-refractivity contribution is 7.89. The van der Waals surface area contributed by atoms with Crippen LogP contribution in [-0.2, 0) is 10.0 Å². The number of carbonyl (C=O) groups excluding carboxylic acids is 1. The van der Waals surface area contributed by atoms with E-state index in [0.29, 0.717) is 25.2 Å². The van der Waals surface area contributed by atoms with Gasteiger partial charge in [-0.1, -0.05) is 13.3 Å². The van der Waals surface area contributed by atoms with Gasteiger partial charge in [0.1, 0.15) is 0 Å². The zero-order chi connectivity index (χ0) is 16.9. The molecule has 1 aromatic carbocycles. The van der Waals surface area contributed by atoms with Crippen LogP contribution in [0.15, 0.2) is 29.2 Å². The Bertz CT molecular complexity index is 620. The van der Waals surface area contributed by atoms with E-state index in [2.05, 4.69) is 9.62 Å². The van der Waals surface area contributed by atoms with Crippen molar-refractivity contribution in [2.24, 2.45) is 0 Å². The second kappa shape index (κ2) is 7.90. The molecule has 1 heterocycles. The van der Waals surface area contributed by atoms with Crippen LogP contribution in [-0.4, -0.2) is 63.9 Å². The highest BCUT2D eigenvalue weighted by Crippen LogP contribution is 2.13. The van der Waals surface area contributed by atoms with Crippen LogP contribution in [0.1, 0.15) is 30.1 Å². The molecule has 1 aliphatic rings. The Labute approximate surface area is 138 Å². The summed E-state index contributed by atoms with van der Waals surface area (Å²) in [6, 6.07) is 6.18. The number of nitrogens with one attached hydrogen (secondary N) is 1. The van der Waals surface area contributed by atoms with E-state index in [9.17, 15) is 13.2 Å². The molecule has 1 fully saturated rings. The quantitative estimate of drug-likeness (QED) is 0.790. The van der Waals surface area contributed by atoms with Crippen molar-refractivity contribution in [1.29, 1.82) is 0 Å². The van der Waals surface area contributed by atoms with Crippen LogP contribution in [0.5, 0.6) is 0 Å². The van der Waals surface area contributed by atoms with Crippen molar-refractivity contribution in [3.63, 3.8) is 0 Å². The highest BCUT2D eigenvalue weighted by atomic mass is 32.2. The number of likely N-dealkylation sites (N-methyl/N-ethyl adjacent to an activating group) is 1. The number of benzene rings is 1. The summed E-state index contributed by atoms with van der Waals surface area (Å²) in [5.41, 5.74) is 0.530. The number of rotatable bonds is 6. The van der Waals surface area contributed by atoms with E-state index in [1.807, 2.05) is 18.9 Å². The fourth-order valence-electron chi connectivity index (χ4n) is 2.44. The van der Waals surface area contributed by atoms with Gasteiger partial charge in [-0.2, -0.15) is 0 Å². The van der Waals surface area contributed by atoms with Crippen LogP contribution in [0.25, 0.3) is 0 Å². The fourth-order valence-corrected chi connectivity index (χ4v) is 3.51. The zero-order valence-corrected chi connectivity index (χ0v) is 14.6. The molecule has 0 aliphatic carbocycles. The van der Waals surface area contributed by atoms with Gasteiger partial charge in [-0.05, 0) is 37.7 Å². The molecule has 1 aromatic rings. The predicted molar refractivity (Wildman–Crippen MR) is 89.9 cm³/mol. The summed E-state index contributed by atoms with van der Waals surface area (Å²) in [4.78, 5) is 16.6.